The molecule has 3 amide bonds. The molecule has 40 heavy (non-hydrogen) atoms. The maximum atomic E-state index is 13.5. The Kier molecular flexibility index (Phi) is 12.0. The van der Waals surface area contributed by atoms with Gasteiger partial charge < -0.3 is 25.4 Å². The van der Waals surface area contributed by atoms with Gasteiger partial charge in [-0.15, -0.1) is 0 Å². The molecule has 0 aromatic heterocycles. The van der Waals surface area contributed by atoms with E-state index in [0.29, 0.717) is 25.8 Å². The molecule has 4 atom stereocenters. The number of hydrogen-bond donors (Lipinski definition) is 4. The summed E-state index contributed by atoms with van der Waals surface area (Å²) in [6.07, 6.45) is 0.636. The fourth-order valence-corrected chi connectivity index (χ4v) is 5.07. The van der Waals surface area contributed by atoms with Gasteiger partial charge in [-0.25, -0.2) is 4.79 Å². The van der Waals surface area contributed by atoms with Crippen molar-refractivity contribution in [1.29, 1.82) is 0 Å². The second kappa shape index (κ2) is 16.2. The number of carbonyl (C=O) groups excluding carboxylic acids is 4. The molecule has 0 spiro atoms. The molecule has 1 saturated heterocycles. The minimum Gasteiger partial charge on any atom is -0.445 e. The first kappa shape index (κ1) is 29.8. The molecule has 0 bridgehead atoms. The number of amides is 3. The Morgan fingerprint density at radius 3 is 2.45 bits per heavy atom. The normalized spacial score (nSPS) is 18.5. The van der Waals surface area contributed by atoms with E-state index in [1.807, 2.05) is 6.92 Å². The van der Waals surface area contributed by atoms with Crippen LogP contribution in [0.25, 0.3) is 0 Å². The summed E-state index contributed by atoms with van der Waals surface area (Å²) >= 11 is 0. The zero-order valence-electron chi connectivity index (χ0n) is 25.1. The molecule has 1 heterocycles. The Labute approximate surface area is 238 Å². The van der Waals surface area contributed by atoms with Gasteiger partial charge in [0.05, 0.1) is 8.78 Å². The smallest absolute Gasteiger partial charge is 0.408 e. The van der Waals surface area contributed by atoms with Crippen molar-refractivity contribution in [1.82, 2.24) is 16.0 Å². The zero-order valence-corrected chi connectivity index (χ0v) is 23.9. The Morgan fingerprint density at radius 1 is 1.18 bits per heavy atom. The number of alkyl carbamates (subject to hydrolysis) is 1. The summed E-state index contributed by atoms with van der Waals surface area (Å²) in [5.41, 5.74) is -2.14. The van der Waals surface area contributed by atoms with E-state index in [4.69, 9.17) is 12.2 Å². The molecule has 1 aromatic carbocycles. The molecular weight excluding hydrogens is 542 g/mol. The fourth-order valence-electron chi connectivity index (χ4n) is 4.24. The lowest BCUT2D eigenvalue weighted by Gasteiger charge is -2.29. The lowest BCUT2D eigenvalue weighted by molar-refractivity contribution is -0.148. The van der Waals surface area contributed by atoms with E-state index in [1.54, 1.807) is 32.0 Å². The van der Waals surface area contributed by atoms with Crippen molar-refractivity contribution in [3.63, 3.8) is 0 Å². The van der Waals surface area contributed by atoms with E-state index in [1.165, 1.54) is 12.1 Å². The first-order valence-electron chi connectivity index (χ1n) is 14.4. The Hall–Kier alpha value is -3.19. The predicted molar refractivity (Wildman–Crippen MR) is 146 cm³/mol. The summed E-state index contributed by atoms with van der Waals surface area (Å²) in [4.78, 5) is 50.9. The summed E-state index contributed by atoms with van der Waals surface area (Å²) in [5, 5.41) is 7.38. The maximum absolute atomic E-state index is 13.5. The highest BCUT2D eigenvalue weighted by Crippen LogP contribution is 2.22. The summed E-state index contributed by atoms with van der Waals surface area (Å²) < 4.78 is 61.1. The fraction of sp³-hybridized carbons (Fsp3) is 0.630. The monoisotopic (exact) mass is 585 g/mol. The number of ether oxygens (including phenoxy) is 2. The van der Waals surface area contributed by atoms with Crippen LogP contribution in [0.3, 0.4) is 0 Å². The van der Waals surface area contributed by atoms with Crippen LogP contribution in [0.4, 0.5) is 4.79 Å². The van der Waals surface area contributed by atoms with Gasteiger partial charge >= 0.3 is 22.2 Å². The second-order valence-corrected chi connectivity index (χ2v) is 11.6. The molecule has 1 fully saturated rings. The van der Waals surface area contributed by atoms with Crippen LogP contribution < -0.4 is 16.0 Å². The van der Waals surface area contributed by atoms with Gasteiger partial charge in [0.1, 0.15) is 12.6 Å². The Balaban J connectivity index is 2.28. The van der Waals surface area contributed by atoms with Crippen LogP contribution in [0.5, 0.6) is 0 Å². The lowest BCUT2D eigenvalue weighted by Crippen LogP contribution is -2.55. The third-order valence-electron chi connectivity index (χ3n) is 6.23. The van der Waals surface area contributed by atoms with Crippen LogP contribution in [0.1, 0.15) is 74.0 Å². The van der Waals surface area contributed by atoms with Gasteiger partial charge in [0.2, 0.25) is 17.3 Å². The molecular formula is C27H41N3O9S. The van der Waals surface area contributed by atoms with Crippen LogP contribution in [0, 0.1) is 11.8 Å². The van der Waals surface area contributed by atoms with Crippen molar-refractivity contribution in [2.75, 3.05) is 6.54 Å². The average molecular weight is 586 g/mol. The number of unbranched alkanes of at least 4 members (excludes halogenated alkanes) is 2. The number of benzene rings is 1. The molecule has 1 unspecified atom stereocenters. The maximum Gasteiger partial charge on any atom is 0.408 e. The van der Waals surface area contributed by atoms with Gasteiger partial charge in [0, 0.05) is 18.9 Å². The average Bonchev–Trinajstić information content (AvgIpc) is 3.30. The van der Waals surface area contributed by atoms with Crippen molar-refractivity contribution in [2.24, 2.45) is 11.8 Å². The molecule has 12 nitrogen and oxygen atoms in total. The van der Waals surface area contributed by atoms with Gasteiger partial charge in [-0.3, -0.25) is 18.9 Å². The van der Waals surface area contributed by atoms with Gasteiger partial charge in [-0.05, 0) is 37.2 Å². The lowest BCUT2D eigenvalue weighted by atomic mass is 9.97. The molecule has 0 radical (unpaired) electrons. The first-order valence-corrected chi connectivity index (χ1v) is 14.9. The Bertz CT molecular complexity index is 1180. The van der Waals surface area contributed by atoms with E-state index in [9.17, 15) is 32.1 Å². The number of nitrogens with one attached hydrogen (secondary N) is 3. The number of hydrogen-bond acceptors (Lipinski definition) is 8. The predicted octanol–water partition coefficient (Wildman–Crippen LogP) is 2.68. The van der Waals surface area contributed by atoms with Crippen LogP contribution >= 0.6 is 0 Å². The Morgan fingerprint density at radius 2 is 1.88 bits per heavy atom. The molecule has 1 aliphatic rings. The molecule has 224 valence electrons. The minimum absolute atomic E-state index is 0.0409. The van der Waals surface area contributed by atoms with Crippen molar-refractivity contribution < 1.29 is 44.4 Å². The van der Waals surface area contributed by atoms with Crippen molar-refractivity contribution in [3.8, 4) is 0 Å². The summed E-state index contributed by atoms with van der Waals surface area (Å²) in [6, 6.07) is 4.78. The van der Waals surface area contributed by atoms with Gasteiger partial charge in [-0.2, -0.15) is 8.42 Å². The van der Waals surface area contributed by atoms with Crippen LogP contribution in [0.15, 0.2) is 30.3 Å². The summed E-state index contributed by atoms with van der Waals surface area (Å²) in [6.45, 7) is 3.23. The van der Waals surface area contributed by atoms with Gasteiger partial charge in [0.15, 0.2) is 0 Å². The van der Waals surface area contributed by atoms with Crippen molar-refractivity contribution in [3.05, 3.63) is 35.9 Å². The van der Waals surface area contributed by atoms with Crippen LogP contribution in [0.2, 0.25) is 0 Å². The van der Waals surface area contributed by atoms with E-state index in [-0.39, 0.29) is 36.7 Å². The third kappa shape index (κ3) is 11.5. The van der Waals surface area contributed by atoms with Crippen LogP contribution in [-0.4, -0.2) is 60.9 Å². The van der Waals surface area contributed by atoms with Crippen molar-refractivity contribution >= 4 is 34.0 Å². The molecule has 1 aliphatic heterocycles. The SMILES string of the molecule is [2H]C([2H])(OC(=O)N[C@@H](CC(C)C)C(=O)N[C@@H](C[C@@H]1CCNC1=O)C(OC(=O)CCCCC)S(=O)(=O)O)c1ccccc1. The molecule has 0 saturated carbocycles. The van der Waals surface area contributed by atoms with Crippen molar-refractivity contribution in [2.45, 2.75) is 89.8 Å². The molecule has 0 aliphatic carbocycles. The largest absolute Gasteiger partial charge is 0.445 e. The third-order valence-corrected chi connectivity index (χ3v) is 7.25. The van der Waals surface area contributed by atoms with E-state index in [0.717, 1.165) is 6.42 Å². The quantitative estimate of drug-likeness (QED) is 0.129. The molecule has 13 heteroatoms. The summed E-state index contributed by atoms with van der Waals surface area (Å²) in [7, 11) is -5.07. The van der Waals surface area contributed by atoms with E-state index >= 15 is 0 Å². The topological polar surface area (TPSA) is 177 Å². The molecule has 1 aromatic rings. The number of carbonyl (C=O) groups is 4. The highest BCUT2D eigenvalue weighted by molar-refractivity contribution is 7.86. The molecule has 4 N–H and O–H groups in total. The standard InChI is InChI=1S/C27H41N3O9S/c1-4-5-7-12-23(31)39-26(40(35,36)37)22(16-20-13-14-28-24(20)32)29-25(33)21(15-18(2)3)30-27(34)38-17-19-10-8-6-9-11-19/h6,8-11,18,20-22,26H,4-5,7,12-17H2,1-3H3,(H,28,32)(H,29,33)(H,30,34)(H,35,36,37)/t20-,21-,22-,26?/m0/s1/i17D2. The zero-order chi connectivity index (χ0) is 31.5. The molecule has 2 rings (SSSR count). The van der Waals surface area contributed by atoms with E-state index < -0.39 is 58.1 Å². The van der Waals surface area contributed by atoms with Crippen LogP contribution in [-0.2, 0) is 40.5 Å². The highest BCUT2D eigenvalue weighted by atomic mass is 32.2. The van der Waals surface area contributed by atoms with E-state index in [2.05, 4.69) is 16.0 Å². The minimum atomic E-state index is -5.07. The summed E-state index contributed by atoms with van der Waals surface area (Å²) in [5.74, 6) is -3.09. The number of rotatable bonds is 16. The second-order valence-electron chi connectivity index (χ2n) is 10.1. The highest BCUT2D eigenvalue weighted by Gasteiger charge is 2.41. The first-order chi connectivity index (χ1) is 19.6. The van der Waals surface area contributed by atoms with Gasteiger partial charge in [0.25, 0.3) is 0 Å². The number of esters is 1. The van der Waals surface area contributed by atoms with Gasteiger partial charge in [-0.1, -0.05) is 63.9 Å².